The van der Waals surface area contributed by atoms with Crippen LogP contribution in [0, 0.1) is 0 Å². The summed E-state index contributed by atoms with van der Waals surface area (Å²) in [5.74, 6) is 0.558. The van der Waals surface area contributed by atoms with Gasteiger partial charge in [-0.1, -0.05) is 18.2 Å². The van der Waals surface area contributed by atoms with Crippen LogP contribution in [0.1, 0.15) is 38.3 Å². The number of benzene rings is 1. The molecule has 0 aliphatic heterocycles. The molecular weight excluding hydrogens is 279 g/mol. The summed E-state index contributed by atoms with van der Waals surface area (Å²) in [6.45, 7) is 3.72. The van der Waals surface area contributed by atoms with Gasteiger partial charge < -0.3 is 10.5 Å². The van der Waals surface area contributed by atoms with E-state index in [0.717, 1.165) is 0 Å². The lowest BCUT2D eigenvalue weighted by molar-refractivity contribution is -0.136. The van der Waals surface area contributed by atoms with Gasteiger partial charge in [-0.15, -0.1) is 12.4 Å². The Kier molecular flexibility index (Phi) is 7.23. The molecule has 2 nitrogen and oxygen atoms in total. The molecule has 0 aliphatic carbocycles. The van der Waals surface area contributed by atoms with E-state index < -0.39 is 18.6 Å². The molecule has 19 heavy (non-hydrogen) atoms. The second-order valence-electron chi connectivity index (χ2n) is 4.46. The van der Waals surface area contributed by atoms with Crippen molar-refractivity contribution in [2.45, 2.75) is 45.0 Å². The maximum Gasteiger partial charge on any atom is 0.389 e. The summed E-state index contributed by atoms with van der Waals surface area (Å²) >= 11 is 0. The van der Waals surface area contributed by atoms with E-state index in [-0.39, 0.29) is 24.9 Å². The van der Waals surface area contributed by atoms with Gasteiger partial charge in [-0.25, -0.2) is 0 Å². The van der Waals surface area contributed by atoms with Crippen molar-refractivity contribution < 1.29 is 17.9 Å². The number of hydrogen-bond acceptors (Lipinski definition) is 2. The van der Waals surface area contributed by atoms with Crippen LogP contribution < -0.4 is 10.5 Å². The lowest BCUT2D eigenvalue weighted by atomic mass is 10.0. The van der Waals surface area contributed by atoms with E-state index in [1.807, 2.05) is 13.8 Å². The van der Waals surface area contributed by atoms with Crippen molar-refractivity contribution >= 4 is 12.4 Å². The minimum atomic E-state index is -4.18. The van der Waals surface area contributed by atoms with Crippen LogP contribution >= 0.6 is 12.4 Å². The molecule has 2 N–H and O–H groups in total. The summed E-state index contributed by atoms with van der Waals surface area (Å²) < 4.78 is 42.0. The Morgan fingerprint density at radius 2 is 1.79 bits per heavy atom. The third-order valence-corrected chi connectivity index (χ3v) is 2.42. The van der Waals surface area contributed by atoms with Gasteiger partial charge in [-0.2, -0.15) is 13.2 Å². The fourth-order valence-corrected chi connectivity index (χ4v) is 1.62. The Labute approximate surface area is 117 Å². The van der Waals surface area contributed by atoms with Gasteiger partial charge >= 0.3 is 6.18 Å². The number of halogens is 4. The molecule has 1 aromatic rings. The first-order chi connectivity index (χ1) is 8.29. The highest BCUT2D eigenvalue weighted by molar-refractivity contribution is 5.85. The van der Waals surface area contributed by atoms with Gasteiger partial charge in [0.2, 0.25) is 0 Å². The highest BCUT2D eigenvalue weighted by Gasteiger charge is 2.28. The maximum absolute atomic E-state index is 12.2. The van der Waals surface area contributed by atoms with E-state index in [1.165, 1.54) is 0 Å². The summed E-state index contributed by atoms with van der Waals surface area (Å²) in [6, 6.07) is 6.29. The van der Waals surface area contributed by atoms with E-state index >= 15 is 0 Å². The molecule has 6 heteroatoms. The van der Waals surface area contributed by atoms with Crippen molar-refractivity contribution in [3.63, 3.8) is 0 Å². The molecule has 0 unspecified atom stereocenters. The van der Waals surface area contributed by atoms with Crippen LogP contribution in [-0.4, -0.2) is 12.3 Å². The molecule has 0 radical (unpaired) electrons. The van der Waals surface area contributed by atoms with Gasteiger partial charge in [0.25, 0.3) is 0 Å². The van der Waals surface area contributed by atoms with Gasteiger partial charge in [0.05, 0.1) is 6.10 Å². The lowest BCUT2D eigenvalue weighted by Crippen LogP contribution is -2.17. The average Bonchev–Trinajstić information content (AvgIpc) is 2.25. The minimum absolute atomic E-state index is 0. The molecule has 0 fully saturated rings. The number of rotatable bonds is 5. The number of nitrogens with two attached hydrogens (primary N) is 1. The summed E-state index contributed by atoms with van der Waals surface area (Å²) in [7, 11) is 0. The monoisotopic (exact) mass is 297 g/mol. The van der Waals surface area contributed by atoms with E-state index in [4.69, 9.17) is 10.5 Å². The van der Waals surface area contributed by atoms with Crippen LogP contribution in [0.15, 0.2) is 24.3 Å². The van der Waals surface area contributed by atoms with Crippen molar-refractivity contribution in [3.8, 4) is 5.75 Å². The van der Waals surface area contributed by atoms with Gasteiger partial charge in [0.15, 0.2) is 0 Å². The Bertz CT molecular complexity index is 382. The predicted molar refractivity (Wildman–Crippen MR) is 71.7 cm³/mol. The smallest absolute Gasteiger partial charge is 0.389 e. The van der Waals surface area contributed by atoms with Gasteiger partial charge in [0, 0.05) is 18.0 Å². The fraction of sp³-hybridized carbons (Fsp3) is 0.538. The van der Waals surface area contributed by atoms with Crippen LogP contribution in [0.3, 0.4) is 0 Å². The topological polar surface area (TPSA) is 35.2 Å². The van der Waals surface area contributed by atoms with Crippen molar-refractivity contribution in [3.05, 3.63) is 29.8 Å². The number of ether oxygens (including phenoxy) is 1. The first-order valence-electron chi connectivity index (χ1n) is 5.87. The molecule has 0 aliphatic rings. The van der Waals surface area contributed by atoms with E-state index in [9.17, 15) is 13.2 Å². The second-order valence-corrected chi connectivity index (χ2v) is 4.46. The first-order valence-corrected chi connectivity index (χ1v) is 5.87. The highest BCUT2D eigenvalue weighted by Crippen LogP contribution is 2.30. The highest BCUT2D eigenvalue weighted by atomic mass is 35.5. The Morgan fingerprint density at radius 3 is 2.32 bits per heavy atom. The number of para-hydroxylation sites is 1. The lowest BCUT2D eigenvalue weighted by Gasteiger charge is -2.19. The zero-order valence-electron chi connectivity index (χ0n) is 10.9. The molecule has 0 spiro atoms. The summed E-state index contributed by atoms with van der Waals surface area (Å²) in [5.41, 5.74) is 6.42. The molecule has 0 aromatic heterocycles. The third-order valence-electron chi connectivity index (χ3n) is 2.42. The SMILES string of the molecule is CC(C)Oc1ccccc1[C@@H](N)CCC(F)(F)F.Cl. The van der Waals surface area contributed by atoms with Crippen LogP contribution in [0.5, 0.6) is 5.75 Å². The minimum Gasteiger partial charge on any atom is -0.491 e. The summed E-state index contributed by atoms with van der Waals surface area (Å²) in [4.78, 5) is 0. The van der Waals surface area contributed by atoms with Crippen LogP contribution in [0.4, 0.5) is 13.2 Å². The molecule has 1 rings (SSSR count). The van der Waals surface area contributed by atoms with Crippen LogP contribution in [-0.2, 0) is 0 Å². The normalized spacial score (nSPS) is 13.0. The van der Waals surface area contributed by atoms with Gasteiger partial charge in [-0.3, -0.25) is 0 Å². The van der Waals surface area contributed by atoms with Crippen molar-refractivity contribution in [1.29, 1.82) is 0 Å². The van der Waals surface area contributed by atoms with E-state index in [1.54, 1.807) is 24.3 Å². The van der Waals surface area contributed by atoms with Crippen LogP contribution in [0.2, 0.25) is 0 Å². The number of hydrogen-bond donors (Lipinski definition) is 1. The molecular formula is C13H19ClF3NO. The van der Waals surface area contributed by atoms with Gasteiger partial charge in [0.1, 0.15) is 5.75 Å². The molecule has 0 bridgehead atoms. The quantitative estimate of drug-likeness (QED) is 0.882. The molecule has 110 valence electrons. The largest absolute Gasteiger partial charge is 0.491 e. The first kappa shape index (κ1) is 18.1. The van der Waals surface area contributed by atoms with Crippen LogP contribution in [0.25, 0.3) is 0 Å². The second kappa shape index (κ2) is 7.60. The van der Waals surface area contributed by atoms with Crippen molar-refractivity contribution in [1.82, 2.24) is 0 Å². The Hall–Kier alpha value is -0.940. The molecule has 1 aromatic carbocycles. The maximum atomic E-state index is 12.2. The summed E-state index contributed by atoms with van der Waals surface area (Å²) in [6.07, 6.45) is -5.24. The van der Waals surface area contributed by atoms with E-state index in [0.29, 0.717) is 11.3 Å². The molecule has 0 saturated carbocycles. The molecule has 0 heterocycles. The zero-order chi connectivity index (χ0) is 13.8. The molecule has 0 saturated heterocycles. The Balaban J connectivity index is 0.00000324. The Morgan fingerprint density at radius 1 is 1.21 bits per heavy atom. The fourth-order valence-electron chi connectivity index (χ4n) is 1.62. The van der Waals surface area contributed by atoms with Gasteiger partial charge in [-0.05, 0) is 26.3 Å². The molecule has 1 atom stereocenters. The van der Waals surface area contributed by atoms with Crippen molar-refractivity contribution in [2.24, 2.45) is 5.73 Å². The number of alkyl halides is 3. The third kappa shape index (κ3) is 6.68. The average molecular weight is 298 g/mol. The molecule has 0 amide bonds. The van der Waals surface area contributed by atoms with E-state index in [2.05, 4.69) is 0 Å². The standard InChI is InChI=1S/C13H18F3NO.ClH/c1-9(2)18-12-6-4-3-5-10(12)11(17)7-8-13(14,15)16;/h3-6,9,11H,7-8,17H2,1-2H3;1H/t11-;/m0./s1. The predicted octanol–water partition coefficient (Wildman–Crippen LogP) is 4.24. The summed E-state index contributed by atoms with van der Waals surface area (Å²) in [5, 5.41) is 0. The zero-order valence-corrected chi connectivity index (χ0v) is 11.7. The van der Waals surface area contributed by atoms with Crippen molar-refractivity contribution in [2.75, 3.05) is 0 Å².